The first-order valence-corrected chi connectivity index (χ1v) is 11.1. The van der Waals surface area contributed by atoms with Crippen LogP contribution in [0.15, 0.2) is 77.3 Å². The zero-order valence-corrected chi connectivity index (χ0v) is 18.4. The summed E-state index contributed by atoms with van der Waals surface area (Å²) in [4.78, 5) is 2.55. The van der Waals surface area contributed by atoms with Crippen molar-refractivity contribution in [3.63, 3.8) is 0 Å². The van der Waals surface area contributed by atoms with Crippen molar-refractivity contribution in [2.24, 2.45) is 0 Å². The highest BCUT2D eigenvalue weighted by molar-refractivity contribution is 9.10. The zero-order chi connectivity index (χ0) is 20.1. The number of piperazine rings is 1. The maximum absolute atomic E-state index is 6.02. The van der Waals surface area contributed by atoms with Crippen molar-refractivity contribution in [2.45, 2.75) is 13.0 Å². The fourth-order valence-electron chi connectivity index (χ4n) is 4.04. The lowest BCUT2D eigenvalue weighted by Crippen LogP contribution is -2.45. The van der Waals surface area contributed by atoms with Gasteiger partial charge in [0.25, 0.3) is 0 Å². The van der Waals surface area contributed by atoms with Crippen LogP contribution in [0.2, 0.25) is 0 Å². The Morgan fingerprint density at radius 2 is 1.62 bits per heavy atom. The van der Waals surface area contributed by atoms with Crippen molar-refractivity contribution >= 4 is 15.9 Å². The van der Waals surface area contributed by atoms with Crippen LogP contribution in [0.4, 0.5) is 0 Å². The molecule has 1 aliphatic rings. The molecule has 29 heavy (non-hydrogen) atoms. The van der Waals surface area contributed by atoms with Gasteiger partial charge in [-0.1, -0.05) is 70.5 Å². The first kappa shape index (κ1) is 20.1. The third-order valence-electron chi connectivity index (χ3n) is 5.42. The summed E-state index contributed by atoms with van der Waals surface area (Å²) in [6.45, 7) is 6.76. The van der Waals surface area contributed by atoms with Crippen molar-refractivity contribution in [1.29, 1.82) is 0 Å². The second kappa shape index (κ2) is 9.57. The van der Waals surface area contributed by atoms with Crippen LogP contribution in [0, 0.1) is 0 Å². The fraction of sp³-hybridized carbons (Fsp3) is 0.280. The molecule has 0 spiro atoms. The summed E-state index contributed by atoms with van der Waals surface area (Å²) in [6, 6.07) is 26.1. The summed E-state index contributed by atoms with van der Waals surface area (Å²) in [7, 11) is 0. The second-order valence-corrected chi connectivity index (χ2v) is 8.21. The maximum atomic E-state index is 6.02. The van der Waals surface area contributed by atoms with Gasteiger partial charge in [0, 0.05) is 36.2 Å². The monoisotopic (exact) mass is 450 g/mol. The standard InChI is InChI=1S/C25H27BrN2O/c1-2-29-24-13-12-22(26)18-23(24)25(28-16-14-27-15-17-28)21-10-8-20(9-11-21)19-6-4-3-5-7-19/h3-13,18,25,27H,2,14-17H2,1H3. The molecule has 0 radical (unpaired) electrons. The van der Waals surface area contributed by atoms with Crippen LogP contribution in [0.25, 0.3) is 11.1 Å². The van der Waals surface area contributed by atoms with E-state index in [0.717, 1.165) is 36.4 Å². The first-order valence-electron chi connectivity index (χ1n) is 10.3. The summed E-state index contributed by atoms with van der Waals surface area (Å²) < 4.78 is 7.10. The van der Waals surface area contributed by atoms with E-state index in [1.807, 2.05) is 6.92 Å². The van der Waals surface area contributed by atoms with E-state index < -0.39 is 0 Å². The van der Waals surface area contributed by atoms with E-state index >= 15 is 0 Å². The number of benzene rings is 3. The van der Waals surface area contributed by atoms with E-state index in [2.05, 4.69) is 98.9 Å². The Labute approximate surface area is 181 Å². The molecule has 3 nitrogen and oxygen atoms in total. The third kappa shape index (κ3) is 4.72. The van der Waals surface area contributed by atoms with E-state index in [4.69, 9.17) is 4.74 Å². The summed E-state index contributed by atoms with van der Waals surface area (Å²) in [5.41, 5.74) is 5.00. The largest absolute Gasteiger partial charge is 0.494 e. The van der Waals surface area contributed by atoms with Crippen molar-refractivity contribution in [1.82, 2.24) is 10.2 Å². The Morgan fingerprint density at radius 1 is 0.931 bits per heavy atom. The van der Waals surface area contributed by atoms with Gasteiger partial charge in [-0.15, -0.1) is 0 Å². The Hall–Kier alpha value is -2.14. The molecule has 3 aromatic carbocycles. The normalized spacial score (nSPS) is 15.8. The molecular weight excluding hydrogens is 424 g/mol. The summed E-state index contributed by atoms with van der Waals surface area (Å²) in [6.07, 6.45) is 0. The van der Waals surface area contributed by atoms with Crippen LogP contribution in [0.1, 0.15) is 24.1 Å². The van der Waals surface area contributed by atoms with Gasteiger partial charge in [0.05, 0.1) is 12.6 Å². The lowest BCUT2D eigenvalue weighted by molar-refractivity contribution is 0.194. The van der Waals surface area contributed by atoms with Gasteiger partial charge >= 0.3 is 0 Å². The minimum atomic E-state index is 0.168. The van der Waals surface area contributed by atoms with Gasteiger partial charge in [-0.05, 0) is 41.8 Å². The summed E-state index contributed by atoms with van der Waals surface area (Å²) in [5, 5.41) is 3.47. The highest BCUT2D eigenvalue weighted by Crippen LogP contribution is 2.37. The number of hydrogen-bond acceptors (Lipinski definition) is 3. The van der Waals surface area contributed by atoms with E-state index in [1.54, 1.807) is 0 Å². The molecule has 0 aromatic heterocycles. The lowest BCUT2D eigenvalue weighted by Gasteiger charge is -2.36. The fourth-order valence-corrected chi connectivity index (χ4v) is 4.41. The average molecular weight is 451 g/mol. The SMILES string of the molecule is CCOc1ccc(Br)cc1C(c1ccc(-c2ccccc2)cc1)N1CCNCC1. The smallest absolute Gasteiger partial charge is 0.124 e. The number of nitrogens with zero attached hydrogens (tertiary/aromatic N) is 1. The Balaban J connectivity index is 1.74. The molecule has 1 N–H and O–H groups in total. The number of rotatable bonds is 6. The minimum absolute atomic E-state index is 0.168. The molecule has 0 saturated carbocycles. The van der Waals surface area contributed by atoms with Crippen LogP contribution in [-0.2, 0) is 0 Å². The highest BCUT2D eigenvalue weighted by Gasteiger charge is 2.27. The number of ether oxygens (including phenoxy) is 1. The van der Waals surface area contributed by atoms with E-state index in [-0.39, 0.29) is 6.04 Å². The maximum Gasteiger partial charge on any atom is 0.124 e. The quantitative estimate of drug-likeness (QED) is 0.535. The molecule has 1 heterocycles. The van der Waals surface area contributed by atoms with Crippen LogP contribution in [0.3, 0.4) is 0 Å². The molecule has 150 valence electrons. The molecule has 1 atom stereocenters. The van der Waals surface area contributed by atoms with Crippen LogP contribution in [-0.4, -0.2) is 37.7 Å². The highest BCUT2D eigenvalue weighted by atomic mass is 79.9. The van der Waals surface area contributed by atoms with Gasteiger partial charge in [-0.2, -0.15) is 0 Å². The van der Waals surface area contributed by atoms with E-state index in [0.29, 0.717) is 6.61 Å². The molecule has 1 fully saturated rings. The molecule has 1 unspecified atom stereocenters. The lowest BCUT2D eigenvalue weighted by atomic mass is 9.93. The summed E-state index contributed by atoms with van der Waals surface area (Å²) in [5.74, 6) is 0.964. The van der Waals surface area contributed by atoms with Crippen LogP contribution >= 0.6 is 15.9 Å². The molecule has 3 aromatic rings. The third-order valence-corrected chi connectivity index (χ3v) is 5.91. The molecule has 0 bridgehead atoms. The summed E-state index contributed by atoms with van der Waals surface area (Å²) >= 11 is 3.67. The number of halogens is 1. The van der Waals surface area contributed by atoms with Crippen molar-refractivity contribution < 1.29 is 4.74 Å². The van der Waals surface area contributed by atoms with Gasteiger partial charge in [-0.3, -0.25) is 4.90 Å². The van der Waals surface area contributed by atoms with Gasteiger partial charge in [-0.25, -0.2) is 0 Å². The van der Waals surface area contributed by atoms with Gasteiger partial charge in [0.2, 0.25) is 0 Å². The Bertz CT molecular complexity index is 921. The molecule has 4 rings (SSSR count). The van der Waals surface area contributed by atoms with Crippen molar-refractivity contribution in [3.8, 4) is 16.9 Å². The van der Waals surface area contributed by atoms with E-state index in [1.165, 1.54) is 22.3 Å². The topological polar surface area (TPSA) is 24.5 Å². The zero-order valence-electron chi connectivity index (χ0n) is 16.8. The predicted octanol–water partition coefficient (Wildman–Crippen LogP) is 5.51. The van der Waals surface area contributed by atoms with Crippen molar-refractivity contribution in [2.75, 3.05) is 32.8 Å². The van der Waals surface area contributed by atoms with E-state index in [9.17, 15) is 0 Å². The first-order chi connectivity index (χ1) is 14.3. The Kier molecular flexibility index (Phi) is 6.65. The van der Waals surface area contributed by atoms with Gasteiger partial charge in [0.15, 0.2) is 0 Å². The molecule has 1 aliphatic heterocycles. The average Bonchev–Trinajstić information content (AvgIpc) is 2.78. The number of hydrogen-bond donors (Lipinski definition) is 1. The van der Waals surface area contributed by atoms with Gasteiger partial charge < -0.3 is 10.1 Å². The molecule has 0 aliphatic carbocycles. The van der Waals surface area contributed by atoms with Crippen molar-refractivity contribution in [3.05, 3.63) is 88.4 Å². The predicted molar refractivity (Wildman–Crippen MR) is 123 cm³/mol. The molecular formula is C25H27BrN2O. The molecule has 0 amide bonds. The molecule has 4 heteroatoms. The Morgan fingerprint density at radius 3 is 2.31 bits per heavy atom. The molecule has 1 saturated heterocycles. The minimum Gasteiger partial charge on any atom is -0.494 e. The van der Waals surface area contributed by atoms with Gasteiger partial charge in [0.1, 0.15) is 5.75 Å². The van der Waals surface area contributed by atoms with Crippen LogP contribution < -0.4 is 10.1 Å². The second-order valence-electron chi connectivity index (χ2n) is 7.29. The number of nitrogens with one attached hydrogen (secondary N) is 1. The van der Waals surface area contributed by atoms with Crippen LogP contribution in [0.5, 0.6) is 5.75 Å².